The first kappa shape index (κ1) is 13.6. The molecule has 0 aliphatic rings. The van der Waals surface area contributed by atoms with Crippen molar-refractivity contribution in [3.63, 3.8) is 0 Å². The summed E-state index contributed by atoms with van der Waals surface area (Å²) in [7, 11) is 1.68. The third-order valence-electron chi connectivity index (χ3n) is 3.10. The van der Waals surface area contributed by atoms with E-state index in [9.17, 15) is 0 Å². The van der Waals surface area contributed by atoms with Gasteiger partial charge in [0, 0.05) is 6.20 Å². The first-order chi connectivity index (χ1) is 9.22. The number of aryl methyl sites for hydroxylation is 1. The minimum Gasteiger partial charge on any atom is -0.497 e. The summed E-state index contributed by atoms with van der Waals surface area (Å²) < 4.78 is 7.17. The van der Waals surface area contributed by atoms with E-state index in [2.05, 4.69) is 42.6 Å². The summed E-state index contributed by atoms with van der Waals surface area (Å²) in [6.45, 7) is 5.93. The van der Waals surface area contributed by atoms with Crippen LogP contribution >= 0.6 is 0 Å². The van der Waals surface area contributed by atoms with Gasteiger partial charge in [-0.3, -0.25) is 4.68 Å². The number of methoxy groups -OCH3 is 1. The van der Waals surface area contributed by atoms with Gasteiger partial charge < -0.3 is 10.1 Å². The second-order valence-corrected chi connectivity index (χ2v) is 4.62. The van der Waals surface area contributed by atoms with Crippen LogP contribution in [0.2, 0.25) is 0 Å². The quantitative estimate of drug-likeness (QED) is 0.866. The molecule has 2 rings (SSSR count). The molecule has 1 unspecified atom stereocenters. The zero-order valence-corrected chi connectivity index (χ0v) is 11.8. The molecule has 0 spiro atoms. The lowest BCUT2D eigenvalue weighted by Crippen LogP contribution is -2.25. The summed E-state index contributed by atoms with van der Waals surface area (Å²) >= 11 is 0. The van der Waals surface area contributed by atoms with Gasteiger partial charge in [-0.05, 0) is 36.7 Å². The Bertz CT molecular complexity index is 504. The van der Waals surface area contributed by atoms with E-state index in [1.807, 2.05) is 23.0 Å². The molecule has 4 heteroatoms. The molecular formula is C15H21N3O. The maximum Gasteiger partial charge on any atom is 0.118 e. The van der Waals surface area contributed by atoms with Crippen molar-refractivity contribution in [3.05, 3.63) is 47.8 Å². The Morgan fingerprint density at radius 2 is 2.05 bits per heavy atom. The molecule has 0 bridgehead atoms. The molecule has 1 heterocycles. The Kier molecular flexibility index (Phi) is 4.58. The van der Waals surface area contributed by atoms with E-state index in [0.717, 1.165) is 18.8 Å². The van der Waals surface area contributed by atoms with Gasteiger partial charge in [0.2, 0.25) is 0 Å². The predicted octanol–water partition coefficient (Wildman–Crippen LogP) is 2.55. The smallest absolute Gasteiger partial charge is 0.118 e. The van der Waals surface area contributed by atoms with Crippen LogP contribution in [0, 0.1) is 6.92 Å². The largest absolute Gasteiger partial charge is 0.497 e. The summed E-state index contributed by atoms with van der Waals surface area (Å²) in [5.74, 6) is 0.883. The highest BCUT2D eigenvalue weighted by atomic mass is 16.5. The molecule has 102 valence electrons. The Labute approximate surface area is 114 Å². The van der Waals surface area contributed by atoms with Gasteiger partial charge in [-0.1, -0.05) is 19.1 Å². The van der Waals surface area contributed by atoms with E-state index in [1.165, 1.54) is 11.1 Å². The fourth-order valence-corrected chi connectivity index (χ4v) is 2.12. The average Bonchev–Trinajstić information content (AvgIpc) is 2.84. The normalized spacial score (nSPS) is 12.4. The molecule has 1 atom stereocenters. The van der Waals surface area contributed by atoms with Gasteiger partial charge in [0.25, 0.3) is 0 Å². The Hall–Kier alpha value is -1.81. The molecule has 0 aliphatic heterocycles. The Balaban J connectivity index is 2.13. The van der Waals surface area contributed by atoms with Crippen LogP contribution in [0.25, 0.3) is 0 Å². The van der Waals surface area contributed by atoms with Crippen LogP contribution in [0.4, 0.5) is 0 Å². The molecule has 0 saturated heterocycles. The van der Waals surface area contributed by atoms with Crippen LogP contribution in [0.3, 0.4) is 0 Å². The van der Waals surface area contributed by atoms with Crippen LogP contribution < -0.4 is 10.1 Å². The summed E-state index contributed by atoms with van der Waals surface area (Å²) in [6, 6.07) is 8.45. The van der Waals surface area contributed by atoms with Crippen molar-refractivity contribution in [1.82, 2.24) is 15.1 Å². The highest BCUT2D eigenvalue weighted by molar-refractivity contribution is 5.29. The number of ether oxygens (including phenoxy) is 1. The summed E-state index contributed by atoms with van der Waals surface area (Å²) in [6.07, 6.45) is 3.95. The summed E-state index contributed by atoms with van der Waals surface area (Å²) in [5, 5.41) is 7.84. The van der Waals surface area contributed by atoms with Gasteiger partial charge in [0.15, 0.2) is 0 Å². The fourth-order valence-electron chi connectivity index (χ4n) is 2.12. The number of aromatic nitrogens is 2. The van der Waals surface area contributed by atoms with E-state index >= 15 is 0 Å². The molecule has 0 radical (unpaired) electrons. The lowest BCUT2D eigenvalue weighted by atomic mass is 10.1. The van der Waals surface area contributed by atoms with Gasteiger partial charge in [-0.15, -0.1) is 0 Å². The molecule has 2 aromatic rings. The van der Waals surface area contributed by atoms with Crippen molar-refractivity contribution in [2.45, 2.75) is 26.4 Å². The minimum atomic E-state index is 0.259. The number of nitrogens with one attached hydrogen (secondary N) is 1. The van der Waals surface area contributed by atoms with Gasteiger partial charge in [0.1, 0.15) is 5.75 Å². The van der Waals surface area contributed by atoms with Gasteiger partial charge in [-0.2, -0.15) is 5.10 Å². The zero-order chi connectivity index (χ0) is 13.7. The monoisotopic (exact) mass is 259 g/mol. The summed E-state index contributed by atoms with van der Waals surface area (Å²) in [5.41, 5.74) is 2.43. The lowest BCUT2D eigenvalue weighted by molar-refractivity contribution is 0.413. The first-order valence-corrected chi connectivity index (χ1v) is 6.59. The van der Waals surface area contributed by atoms with E-state index in [-0.39, 0.29) is 6.04 Å². The van der Waals surface area contributed by atoms with Gasteiger partial charge in [-0.25, -0.2) is 0 Å². The number of nitrogens with zero attached hydrogens (tertiary/aromatic N) is 2. The van der Waals surface area contributed by atoms with Gasteiger partial charge in [0.05, 0.1) is 25.9 Å². The molecule has 0 fully saturated rings. The predicted molar refractivity (Wildman–Crippen MR) is 76.4 cm³/mol. The van der Waals surface area contributed by atoms with Crippen molar-refractivity contribution >= 4 is 0 Å². The van der Waals surface area contributed by atoms with Crippen LogP contribution in [0.1, 0.15) is 24.1 Å². The van der Waals surface area contributed by atoms with Crippen molar-refractivity contribution in [2.24, 2.45) is 0 Å². The molecule has 1 N–H and O–H groups in total. The molecule has 0 aliphatic carbocycles. The maximum absolute atomic E-state index is 5.19. The molecule has 0 saturated carbocycles. The Morgan fingerprint density at radius 1 is 1.32 bits per heavy atom. The third kappa shape index (κ3) is 3.58. The van der Waals surface area contributed by atoms with Crippen LogP contribution in [0.15, 0.2) is 36.7 Å². The van der Waals surface area contributed by atoms with Crippen LogP contribution in [-0.4, -0.2) is 23.4 Å². The van der Waals surface area contributed by atoms with E-state index in [0.29, 0.717) is 0 Å². The molecule has 1 aromatic carbocycles. The molecule has 0 amide bonds. The van der Waals surface area contributed by atoms with Crippen LogP contribution in [-0.2, 0) is 6.54 Å². The second kappa shape index (κ2) is 6.38. The second-order valence-electron chi connectivity index (χ2n) is 4.62. The molecule has 1 aromatic heterocycles. The summed E-state index contributed by atoms with van der Waals surface area (Å²) in [4.78, 5) is 0. The molecule has 19 heavy (non-hydrogen) atoms. The highest BCUT2D eigenvalue weighted by Crippen LogP contribution is 2.19. The van der Waals surface area contributed by atoms with Crippen molar-refractivity contribution in [3.8, 4) is 5.75 Å². The molecular weight excluding hydrogens is 238 g/mol. The molecule has 4 nitrogen and oxygen atoms in total. The zero-order valence-electron chi connectivity index (χ0n) is 11.8. The van der Waals surface area contributed by atoms with E-state index < -0.39 is 0 Å². The Morgan fingerprint density at radius 3 is 2.58 bits per heavy atom. The fraction of sp³-hybridized carbons (Fsp3) is 0.400. The van der Waals surface area contributed by atoms with Crippen molar-refractivity contribution in [1.29, 1.82) is 0 Å². The van der Waals surface area contributed by atoms with Crippen molar-refractivity contribution in [2.75, 3.05) is 13.7 Å². The number of likely N-dealkylation sites (N-methyl/N-ethyl adjacent to an activating group) is 1. The van der Waals surface area contributed by atoms with Crippen molar-refractivity contribution < 1.29 is 4.74 Å². The standard InChI is InChI=1S/C15H21N3O/c1-4-16-15(11-18-10-12(2)9-17-18)13-5-7-14(19-3)8-6-13/h5-10,15-16H,4,11H2,1-3H3. The number of benzene rings is 1. The van der Waals surface area contributed by atoms with E-state index in [4.69, 9.17) is 4.74 Å². The minimum absolute atomic E-state index is 0.259. The maximum atomic E-state index is 5.19. The topological polar surface area (TPSA) is 39.1 Å². The number of hydrogen-bond acceptors (Lipinski definition) is 3. The van der Waals surface area contributed by atoms with E-state index in [1.54, 1.807) is 7.11 Å². The SMILES string of the molecule is CCNC(Cn1cc(C)cn1)c1ccc(OC)cc1. The third-order valence-corrected chi connectivity index (χ3v) is 3.10. The first-order valence-electron chi connectivity index (χ1n) is 6.59. The number of rotatable bonds is 6. The lowest BCUT2D eigenvalue weighted by Gasteiger charge is -2.18. The highest BCUT2D eigenvalue weighted by Gasteiger charge is 2.11. The van der Waals surface area contributed by atoms with Crippen LogP contribution in [0.5, 0.6) is 5.75 Å². The average molecular weight is 259 g/mol. The van der Waals surface area contributed by atoms with Gasteiger partial charge >= 0.3 is 0 Å². The number of hydrogen-bond donors (Lipinski definition) is 1.